The van der Waals surface area contributed by atoms with E-state index in [0.717, 1.165) is 0 Å². The normalized spacial score (nSPS) is 12.0. The molecule has 132 valence electrons. The molecule has 0 fully saturated rings. The number of halogens is 3. The number of alkyl halides is 3. The molecule has 0 saturated heterocycles. The van der Waals surface area contributed by atoms with Gasteiger partial charge in [0, 0.05) is 6.92 Å². The number of anilines is 1. The zero-order valence-corrected chi connectivity index (χ0v) is 15.9. The topological polar surface area (TPSA) is 79.5 Å². The van der Waals surface area contributed by atoms with Crippen molar-refractivity contribution in [3.05, 3.63) is 29.8 Å². The molecule has 1 amide bonds. The molecule has 0 bridgehead atoms. The van der Waals surface area contributed by atoms with Gasteiger partial charge in [0.25, 0.3) is 0 Å². The Morgan fingerprint density at radius 2 is 1.88 bits per heavy atom. The van der Waals surface area contributed by atoms with Crippen LogP contribution in [0.5, 0.6) is 0 Å². The van der Waals surface area contributed by atoms with Crippen LogP contribution >= 0.6 is 47.0 Å². The maximum atomic E-state index is 11.9. The van der Waals surface area contributed by atoms with Gasteiger partial charge < -0.3 is 20.7 Å². The quantitative estimate of drug-likeness (QED) is 0.299. The first-order chi connectivity index (χ1) is 11.1. The lowest BCUT2D eigenvalue weighted by atomic mass is 10.2. The molecular weight excluding hydrogens is 397 g/mol. The number of esters is 1. The first-order valence-corrected chi connectivity index (χ1v) is 8.36. The van der Waals surface area contributed by atoms with Crippen molar-refractivity contribution >= 4 is 69.7 Å². The van der Waals surface area contributed by atoms with Crippen molar-refractivity contribution in [1.29, 1.82) is 0 Å². The molecule has 0 saturated carbocycles. The van der Waals surface area contributed by atoms with Crippen molar-refractivity contribution in [2.24, 2.45) is 0 Å². The summed E-state index contributed by atoms with van der Waals surface area (Å²) in [7, 11) is 0. The summed E-state index contributed by atoms with van der Waals surface area (Å²) in [5, 5.41) is 7.98. The van der Waals surface area contributed by atoms with Crippen LogP contribution in [0, 0.1) is 0 Å². The maximum Gasteiger partial charge on any atom is 0.340 e. The molecule has 1 unspecified atom stereocenters. The minimum absolute atomic E-state index is 0.0526. The second-order valence-corrected chi connectivity index (χ2v) is 7.32. The van der Waals surface area contributed by atoms with Gasteiger partial charge >= 0.3 is 5.97 Å². The van der Waals surface area contributed by atoms with Crippen LogP contribution in [0.3, 0.4) is 0 Å². The highest BCUT2D eigenvalue weighted by Crippen LogP contribution is 2.29. The van der Waals surface area contributed by atoms with E-state index in [9.17, 15) is 9.59 Å². The van der Waals surface area contributed by atoms with Gasteiger partial charge in [-0.2, -0.15) is 0 Å². The van der Waals surface area contributed by atoms with Crippen LogP contribution < -0.4 is 16.0 Å². The van der Waals surface area contributed by atoms with Crippen molar-refractivity contribution < 1.29 is 14.3 Å². The molecule has 0 radical (unpaired) electrons. The number of para-hydroxylation sites is 1. The number of ether oxygens (including phenoxy) is 1. The van der Waals surface area contributed by atoms with Crippen LogP contribution in [0.25, 0.3) is 0 Å². The molecule has 1 aromatic carbocycles. The first-order valence-electron chi connectivity index (χ1n) is 6.82. The van der Waals surface area contributed by atoms with E-state index in [1.807, 2.05) is 0 Å². The molecule has 1 atom stereocenters. The molecule has 24 heavy (non-hydrogen) atoms. The van der Waals surface area contributed by atoms with Crippen molar-refractivity contribution in [3.8, 4) is 0 Å². The third-order valence-electron chi connectivity index (χ3n) is 2.62. The first kappa shape index (κ1) is 20.8. The Balaban J connectivity index is 2.87. The largest absolute Gasteiger partial charge is 0.462 e. The van der Waals surface area contributed by atoms with Gasteiger partial charge in [-0.15, -0.1) is 0 Å². The van der Waals surface area contributed by atoms with Crippen LogP contribution in [0.1, 0.15) is 24.2 Å². The van der Waals surface area contributed by atoms with Crippen molar-refractivity contribution in [3.63, 3.8) is 0 Å². The lowest BCUT2D eigenvalue weighted by Crippen LogP contribution is -2.55. The third kappa shape index (κ3) is 6.68. The third-order valence-corrected chi connectivity index (χ3v) is 3.50. The van der Waals surface area contributed by atoms with Gasteiger partial charge in [0.1, 0.15) is 6.17 Å². The molecule has 0 spiro atoms. The van der Waals surface area contributed by atoms with Crippen LogP contribution in [-0.2, 0) is 9.53 Å². The summed E-state index contributed by atoms with van der Waals surface area (Å²) in [5.41, 5.74) is 0.716. The number of nitrogens with one attached hydrogen (secondary N) is 3. The Bertz CT molecular complexity index is 623. The fourth-order valence-corrected chi connectivity index (χ4v) is 2.23. The standard InChI is InChI=1S/C14H16Cl3N3O3S/c1-3-23-11(22)9-6-4-5-7-10(9)19-13(24)20-12(14(15,16)17)18-8(2)21/h4-7,12H,3H2,1-2H3,(H,18,21)(H2,19,20,24). The van der Waals surface area contributed by atoms with Gasteiger partial charge in [-0.3, -0.25) is 4.79 Å². The van der Waals surface area contributed by atoms with E-state index in [0.29, 0.717) is 11.3 Å². The monoisotopic (exact) mass is 411 g/mol. The van der Waals surface area contributed by atoms with Gasteiger partial charge in [-0.05, 0) is 31.3 Å². The smallest absolute Gasteiger partial charge is 0.340 e. The summed E-state index contributed by atoms with van der Waals surface area (Å²) in [5.74, 6) is -0.906. The predicted molar refractivity (Wildman–Crippen MR) is 99.6 cm³/mol. The zero-order chi connectivity index (χ0) is 18.3. The van der Waals surface area contributed by atoms with E-state index in [1.165, 1.54) is 6.92 Å². The molecule has 0 aromatic heterocycles. The Morgan fingerprint density at radius 3 is 2.42 bits per heavy atom. The van der Waals surface area contributed by atoms with Gasteiger partial charge in [0.15, 0.2) is 5.11 Å². The van der Waals surface area contributed by atoms with Gasteiger partial charge in [0.05, 0.1) is 17.9 Å². The molecule has 1 rings (SSSR count). The van der Waals surface area contributed by atoms with Crippen molar-refractivity contribution in [2.75, 3.05) is 11.9 Å². The highest BCUT2D eigenvalue weighted by molar-refractivity contribution is 7.80. The lowest BCUT2D eigenvalue weighted by molar-refractivity contribution is -0.119. The average Bonchev–Trinajstić information content (AvgIpc) is 2.46. The van der Waals surface area contributed by atoms with Gasteiger partial charge in [-0.1, -0.05) is 46.9 Å². The summed E-state index contributed by atoms with van der Waals surface area (Å²) in [4.78, 5) is 23.1. The Hall–Kier alpha value is -1.28. The van der Waals surface area contributed by atoms with E-state index in [2.05, 4.69) is 16.0 Å². The number of hydrogen-bond donors (Lipinski definition) is 3. The molecule has 0 aliphatic heterocycles. The van der Waals surface area contributed by atoms with Crippen LogP contribution in [-0.4, -0.2) is 33.6 Å². The highest BCUT2D eigenvalue weighted by Gasteiger charge is 2.34. The Morgan fingerprint density at radius 1 is 1.25 bits per heavy atom. The molecular formula is C14H16Cl3N3O3S. The molecule has 1 aromatic rings. The molecule has 0 aliphatic rings. The van der Waals surface area contributed by atoms with E-state index < -0.39 is 21.8 Å². The lowest BCUT2D eigenvalue weighted by Gasteiger charge is -2.27. The van der Waals surface area contributed by atoms with Gasteiger partial charge in [-0.25, -0.2) is 4.79 Å². The number of benzene rings is 1. The number of amides is 1. The minimum Gasteiger partial charge on any atom is -0.462 e. The summed E-state index contributed by atoms with van der Waals surface area (Å²) >= 11 is 22.6. The number of thiocarbonyl (C=S) groups is 1. The summed E-state index contributed by atoms with van der Waals surface area (Å²) in [6.07, 6.45) is -1.06. The minimum atomic E-state index is -1.84. The fourth-order valence-electron chi connectivity index (χ4n) is 1.67. The molecule has 3 N–H and O–H groups in total. The van der Waals surface area contributed by atoms with Crippen molar-refractivity contribution in [2.45, 2.75) is 23.8 Å². The number of carbonyl (C=O) groups is 2. The second-order valence-electron chi connectivity index (χ2n) is 4.54. The summed E-state index contributed by atoms with van der Waals surface area (Å²) < 4.78 is 3.14. The fraction of sp³-hybridized carbons (Fsp3) is 0.357. The van der Waals surface area contributed by atoms with E-state index >= 15 is 0 Å². The van der Waals surface area contributed by atoms with Gasteiger partial charge in [0.2, 0.25) is 9.70 Å². The SMILES string of the molecule is CCOC(=O)c1ccccc1NC(=S)NC(NC(C)=O)C(Cl)(Cl)Cl. The number of hydrogen-bond acceptors (Lipinski definition) is 4. The average molecular weight is 413 g/mol. The van der Waals surface area contributed by atoms with Crippen LogP contribution in [0.15, 0.2) is 24.3 Å². The summed E-state index contributed by atoms with van der Waals surface area (Å²) in [6.45, 7) is 3.23. The maximum absolute atomic E-state index is 11.9. The Labute approximate surface area is 160 Å². The molecule has 10 heteroatoms. The van der Waals surface area contributed by atoms with E-state index in [1.54, 1.807) is 31.2 Å². The van der Waals surface area contributed by atoms with Crippen LogP contribution in [0.2, 0.25) is 0 Å². The number of rotatable bonds is 5. The Kier molecular flexibility index (Phi) is 8.02. The van der Waals surface area contributed by atoms with Crippen LogP contribution in [0.4, 0.5) is 5.69 Å². The molecule has 6 nitrogen and oxygen atoms in total. The second kappa shape index (κ2) is 9.27. The predicted octanol–water partition coefficient (Wildman–Crippen LogP) is 2.98. The van der Waals surface area contributed by atoms with E-state index in [4.69, 9.17) is 51.8 Å². The number of carbonyl (C=O) groups excluding carboxylic acids is 2. The zero-order valence-electron chi connectivity index (χ0n) is 12.9. The van der Waals surface area contributed by atoms with E-state index in [-0.39, 0.29) is 11.7 Å². The molecule has 0 aliphatic carbocycles. The van der Waals surface area contributed by atoms with Crippen molar-refractivity contribution in [1.82, 2.24) is 10.6 Å². The molecule has 0 heterocycles. The summed E-state index contributed by atoms with van der Waals surface area (Å²) in [6, 6.07) is 6.63. The highest BCUT2D eigenvalue weighted by atomic mass is 35.6.